The van der Waals surface area contributed by atoms with Crippen LogP contribution in [0.15, 0.2) is 4.99 Å². The summed E-state index contributed by atoms with van der Waals surface area (Å²) < 4.78 is 4.48. The lowest BCUT2D eigenvalue weighted by Crippen LogP contribution is -2.33. The summed E-state index contributed by atoms with van der Waals surface area (Å²) in [5, 5.41) is 2.85. The highest BCUT2D eigenvalue weighted by atomic mass is 16.5. The topological polar surface area (TPSA) is 76.7 Å². The molecule has 5 nitrogen and oxygen atoms in total. The van der Waals surface area contributed by atoms with Crippen LogP contribution in [-0.2, 0) is 9.53 Å². The van der Waals surface area contributed by atoms with E-state index in [1.165, 1.54) is 7.11 Å². The molecule has 0 aromatic rings. The zero-order valence-electron chi connectivity index (χ0n) is 9.75. The molecule has 15 heavy (non-hydrogen) atoms. The van der Waals surface area contributed by atoms with Gasteiger partial charge in [0.15, 0.2) is 5.96 Å². The molecule has 0 aromatic carbocycles. The van der Waals surface area contributed by atoms with Crippen LogP contribution in [0.2, 0.25) is 0 Å². The first-order valence-electron chi connectivity index (χ1n) is 5.17. The zero-order chi connectivity index (χ0) is 11.7. The van der Waals surface area contributed by atoms with E-state index in [2.05, 4.69) is 28.9 Å². The molecule has 0 atom stereocenters. The van der Waals surface area contributed by atoms with Crippen molar-refractivity contribution in [3.63, 3.8) is 0 Å². The molecule has 0 aliphatic rings. The molecule has 3 N–H and O–H groups in total. The molecular formula is C10H21N3O2. The highest BCUT2D eigenvalue weighted by Gasteiger charge is 1.99. The third-order valence-corrected chi connectivity index (χ3v) is 1.85. The maximum atomic E-state index is 10.8. The lowest BCUT2D eigenvalue weighted by molar-refractivity contribution is -0.140. The van der Waals surface area contributed by atoms with Crippen LogP contribution in [0.4, 0.5) is 0 Å². The van der Waals surface area contributed by atoms with Crippen molar-refractivity contribution in [2.24, 2.45) is 16.6 Å². The Bertz CT molecular complexity index is 215. The smallest absolute Gasteiger partial charge is 0.307 e. The Balaban J connectivity index is 3.55. The van der Waals surface area contributed by atoms with Gasteiger partial charge in [-0.2, -0.15) is 0 Å². The summed E-state index contributed by atoms with van der Waals surface area (Å²) in [4.78, 5) is 14.9. The van der Waals surface area contributed by atoms with Gasteiger partial charge in [0, 0.05) is 13.1 Å². The van der Waals surface area contributed by atoms with Crippen molar-refractivity contribution in [1.29, 1.82) is 0 Å². The van der Waals surface area contributed by atoms with Crippen LogP contribution in [0.1, 0.15) is 26.7 Å². The number of guanidine groups is 1. The number of nitrogens with zero attached hydrogens (tertiary/aromatic N) is 1. The number of rotatable bonds is 6. The number of nitrogens with two attached hydrogens (primary N) is 1. The number of nitrogens with one attached hydrogen (secondary N) is 1. The van der Waals surface area contributed by atoms with Gasteiger partial charge in [0.2, 0.25) is 0 Å². The third kappa shape index (κ3) is 9.05. The van der Waals surface area contributed by atoms with Crippen LogP contribution in [0.25, 0.3) is 0 Å². The van der Waals surface area contributed by atoms with Crippen LogP contribution < -0.4 is 11.1 Å². The minimum Gasteiger partial charge on any atom is -0.469 e. The number of carbonyl (C=O) groups is 1. The molecule has 5 heteroatoms. The van der Waals surface area contributed by atoms with E-state index >= 15 is 0 Å². The molecule has 0 aliphatic carbocycles. The van der Waals surface area contributed by atoms with Crippen molar-refractivity contribution in [3.8, 4) is 0 Å². The van der Waals surface area contributed by atoms with E-state index in [0.717, 1.165) is 6.42 Å². The number of ether oxygens (including phenoxy) is 1. The Labute approximate surface area is 91.1 Å². The molecule has 0 amide bonds. The average molecular weight is 215 g/mol. The highest BCUT2D eigenvalue weighted by Crippen LogP contribution is 1.97. The maximum absolute atomic E-state index is 10.8. The van der Waals surface area contributed by atoms with Crippen molar-refractivity contribution in [2.45, 2.75) is 26.7 Å². The summed E-state index contributed by atoms with van der Waals surface area (Å²) >= 11 is 0. The second-order valence-corrected chi connectivity index (χ2v) is 3.70. The van der Waals surface area contributed by atoms with E-state index in [9.17, 15) is 4.79 Å². The molecule has 0 saturated carbocycles. The summed E-state index contributed by atoms with van der Waals surface area (Å²) in [6, 6.07) is 0. The van der Waals surface area contributed by atoms with Gasteiger partial charge < -0.3 is 15.8 Å². The predicted molar refractivity (Wildman–Crippen MR) is 60.6 cm³/mol. The first-order valence-corrected chi connectivity index (χ1v) is 5.17. The van der Waals surface area contributed by atoms with Crippen LogP contribution in [0.5, 0.6) is 0 Å². The largest absolute Gasteiger partial charge is 0.469 e. The number of methoxy groups -OCH3 is 1. The van der Waals surface area contributed by atoms with Gasteiger partial charge in [-0.3, -0.25) is 9.79 Å². The minimum absolute atomic E-state index is 0.252. The molecule has 0 aliphatic heterocycles. The molecule has 0 spiro atoms. The molecule has 0 saturated heterocycles. The molecule has 0 bridgehead atoms. The number of esters is 1. The van der Waals surface area contributed by atoms with Crippen LogP contribution in [0, 0.1) is 5.92 Å². The molecule has 0 fully saturated rings. The minimum atomic E-state index is -0.252. The van der Waals surface area contributed by atoms with Crippen molar-refractivity contribution in [3.05, 3.63) is 0 Å². The maximum Gasteiger partial charge on any atom is 0.307 e. The fourth-order valence-corrected chi connectivity index (χ4v) is 0.894. The Hall–Kier alpha value is -1.26. The predicted octanol–water partition coefficient (Wildman–Crippen LogP) is 0.500. The van der Waals surface area contributed by atoms with Gasteiger partial charge in [-0.1, -0.05) is 13.8 Å². The fraction of sp³-hybridized carbons (Fsp3) is 0.800. The first-order chi connectivity index (χ1) is 7.06. The van der Waals surface area contributed by atoms with E-state index < -0.39 is 0 Å². The first kappa shape index (κ1) is 13.7. The molecule has 0 radical (unpaired) electrons. The van der Waals surface area contributed by atoms with Crippen molar-refractivity contribution < 1.29 is 9.53 Å². The lowest BCUT2D eigenvalue weighted by Gasteiger charge is -2.05. The quantitative estimate of drug-likeness (QED) is 0.384. The third-order valence-electron chi connectivity index (χ3n) is 1.85. The van der Waals surface area contributed by atoms with Crippen LogP contribution >= 0.6 is 0 Å². The van der Waals surface area contributed by atoms with Crippen molar-refractivity contribution in [2.75, 3.05) is 20.2 Å². The number of aliphatic imine (C=N–C) groups is 1. The van der Waals surface area contributed by atoms with Gasteiger partial charge in [-0.25, -0.2) is 0 Å². The van der Waals surface area contributed by atoms with Gasteiger partial charge in [0.1, 0.15) is 0 Å². The standard InChI is InChI=1S/C10H21N3O2/c1-8(2)4-6-12-10(11)13-7-5-9(14)15-3/h8H,4-7H2,1-3H3,(H3,11,12,13). The van der Waals surface area contributed by atoms with E-state index in [1.807, 2.05) is 0 Å². The molecule has 0 rings (SSSR count). The molecule has 0 unspecified atom stereocenters. The number of hydrogen-bond acceptors (Lipinski definition) is 3. The molecule has 0 heterocycles. The van der Waals surface area contributed by atoms with Crippen molar-refractivity contribution in [1.82, 2.24) is 5.32 Å². The average Bonchev–Trinajstić information content (AvgIpc) is 2.17. The zero-order valence-corrected chi connectivity index (χ0v) is 9.75. The Morgan fingerprint density at radius 3 is 2.73 bits per heavy atom. The number of hydrogen-bond donors (Lipinski definition) is 2. The van der Waals surface area contributed by atoms with Crippen molar-refractivity contribution >= 4 is 11.9 Å². The van der Waals surface area contributed by atoms with Gasteiger partial charge in [0.25, 0.3) is 0 Å². The van der Waals surface area contributed by atoms with E-state index in [4.69, 9.17) is 5.73 Å². The molecule has 0 aromatic heterocycles. The SMILES string of the molecule is COC(=O)CCNC(N)=NCCC(C)C. The highest BCUT2D eigenvalue weighted by molar-refractivity contribution is 5.78. The molecular weight excluding hydrogens is 194 g/mol. The fourth-order valence-electron chi connectivity index (χ4n) is 0.894. The summed E-state index contributed by atoms with van der Waals surface area (Å²) in [6.45, 7) is 5.45. The lowest BCUT2D eigenvalue weighted by atomic mass is 10.1. The van der Waals surface area contributed by atoms with Gasteiger partial charge in [0.05, 0.1) is 13.5 Å². The van der Waals surface area contributed by atoms with E-state index in [-0.39, 0.29) is 5.97 Å². The van der Waals surface area contributed by atoms with Gasteiger partial charge in [-0.15, -0.1) is 0 Å². The summed E-state index contributed by atoms with van der Waals surface area (Å²) in [5.74, 6) is 0.758. The Morgan fingerprint density at radius 2 is 2.20 bits per heavy atom. The second-order valence-electron chi connectivity index (χ2n) is 3.70. The van der Waals surface area contributed by atoms with E-state index in [0.29, 0.717) is 31.4 Å². The monoisotopic (exact) mass is 215 g/mol. The summed E-state index contributed by atoms with van der Waals surface area (Å²) in [5.41, 5.74) is 5.57. The number of carbonyl (C=O) groups excluding carboxylic acids is 1. The summed E-state index contributed by atoms with van der Waals surface area (Å²) in [7, 11) is 1.36. The second kappa shape index (κ2) is 8.08. The van der Waals surface area contributed by atoms with E-state index in [1.54, 1.807) is 0 Å². The van der Waals surface area contributed by atoms with Crippen LogP contribution in [0.3, 0.4) is 0 Å². The Morgan fingerprint density at radius 1 is 1.53 bits per heavy atom. The normalized spacial score (nSPS) is 11.6. The molecule has 88 valence electrons. The van der Waals surface area contributed by atoms with Crippen LogP contribution in [-0.4, -0.2) is 32.1 Å². The van der Waals surface area contributed by atoms with Gasteiger partial charge in [-0.05, 0) is 12.3 Å². The van der Waals surface area contributed by atoms with Gasteiger partial charge >= 0.3 is 5.97 Å². The Kier molecular flexibility index (Phi) is 7.40. The summed E-state index contributed by atoms with van der Waals surface area (Å²) in [6.07, 6.45) is 1.32.